The number of carbonyl (C=O) groups is 1. The second kappa shape index (κ2) is 5.44. The molecule has 0 saturated heterocycles. The van der Waals surface area contributed by atoms with Crippen molar-refractivity contribution >= 4 is 25.7 Å². The van der Waals surface area contributed by atoms with Crippen molar-refractivity contribution in [3.05, 3.63) is 29.3 Å². The van der Waals surface area contributed by atoms with E-state index in [0.29, 0.717) is 6.07 Å². The van der Waals surface area contributed by atoms with Crippen LogP contribution in [0.2, 0.25) is 0 Å². The van der Waals surface area contributed by atoms with E-state index >= 15 is 0 Å². The summed E-state index contributed by atoms with van der Waals surface area (Å²) in [5, 5.41) is 0. The minimum atomic E-state index is -4.63. The Hall–Kier alpha value is -1.55. The molecule has 0 N–H and O–H groups in total. The van der Waals surface area contributed by atoms with Gasteiger partial charge in [-0.25, -0.2) is 17.8 Å². The van der Waals surface area contributed by atoms with Crippen LogP contribution in [0.15, 0.2) is 20.8 Å². The zero-order chi connectivity index (χ0) is 15.7. The average molecular weight is 327 g/mol. The molecular weight excluding hydrogens is 316 g/mol. The van der Waals surface area contributed by atoms with Gasteiger partial charge >= 0.3 is 5.97 Å². The lowest BCUT2D eigenvalue weighted by Gasteiger charge is -2.06. The number of ether oxygens (including phenoxy) is 1. The number of esters is 1. The van der Waals surface area contributed by atoms with Crippen LogP contribution in [-0.2, 0) is 24.5 Å². The van der Waals surface area contributed by atoms with Crippen molar-refractivity contribution < 1.29 is 30.9 Å². The first-order valence-electron chi connectivity index (χ1n) is 4.98. The summed E-state index contributed by atoms with van der Waals surface area (Å²) < 4.78 is 69.1. The van der Waals surface area contributed by atoms with Crippen LogP contribution in [0.3, 0.4) is 0 Å². The maximum atomic E-state index is 13.5. The quantitative estimate of drug-likeness (QED) is 0.777. The van der Waals surface area contributed by atoms with E-state index in [-0.39, 0.29) is 6.07 Å². The summed E-state index contributed by atoms with van der Waals surface area (Å²) in [6.07, 6.45) is 2.07. The monoisotopic (exact) mass is 327 g/mol. The fourth-order valence-electron chi connectivity index (χ4n) is 1.27. The normalized spacial score (nSPS) is 12.1. The molecule has 1 rings (SSSR count). The van der Waals surface area contributed by atoms with E-state index in [1.807, 2.05) is 0 Å². The highest BCUT2D eigenvalue weighted by Crippen LogP contribution is 2.22. The van der Waals surface area contributed by atoms with E-state index in [1.165, 1.54) is 0 Å². The van der Waals surface area contributed by atoms with Gasteiger partial charge in [0.2, 0.25) is 0 Å². The largest absolute Gasteiger partial charge is 0.465 e. The van der Waals surface area contributed by atoms with Gasteiger partial charge in [0.15, 0.2) is 0 Å². The van der Waals surface area contributed by atoms with Crippen molar-refractivity contribution in [1.29, 1.82) is 0 Å². The number of nitrogens with zero attached hydrogens (tertiary/aromatic N) is 1. The minimum absolute atomic E-state index is 0.224. The lowest BCUT2D eigenvalue weighted by atomic mass is 10.2. The number of carbonyl (C=O) groups excluding carboxylic acids is 1. The van der Waals surface area contributed by atoms with Crippen molar-refractivity contribution in [2.45, 2.75) is 4.90 Å². The van der Waals surface area contributed by atoms with Gasteiger partial charge in [0.25, 0.3) is 10.0 Å². The molecule has 1 aromatic rings. The Morgan fingerprint density at radius 1 is 1.15 bits per heavy atom. The average Bonchev–Trinajstić information content (AvgIpc) is 2.24. The fourth-order valence-corrected chi connectivity index (χ4v) is 4.05. The molecule has 0 aromatic heterocycles. The van der Waals surface area contributed by atoms with Crippen LogP contribution in [0.4, 0.5) is 8.78 Å². The van der Waals surface area contributed by atoms with Crippen LogP contribution in [-0.4, -0.2) is 38.2 Å². The molecule has 0 spiro atoms. The molecule has 0 atom stereocenters. The van der Waals surface area contributed by atoms with Crippen LogP contribution < -0.4 is 0 Å². The Kier molecular flexibility index (Phi) is 4.49. The van der Waals surface area contributed by atoms with Crippen molar-refractivity contribution in [3.63, 3.8) is 0 Å². The van der Waals surface area contributed by atoms with E-state index < -0.39 is 47.8 Å². The fraction of sp³-hybridized carbons (Fsp3) is 0.300. The molecule has 20 heavy (non-hydrogen) atoms. The number of rotatable bonds is 3. The zero-order valence-corrected chi connectivity index (χ0v) is 12.3. The number of hydrogen-bond donors (Lipinski definition) is 0. The summed E-state index contributed by atoms with van der Waals surface area (Å²) in [6, 6.07) is 0.683. The standard InChI is InChI=1S/C10H11F2NO5S2/c1-18-10(14)6-4-9(8(12)5-7(6)11)20(16,17)13-19(2,3)15/h4-5H,1-3H3. The van der Waals surface area contributed by atoms with Crippen molar-refractivity contribution in [1.82, 2.24) is 0 Å². The number of halogens is 2. The number of sulfonamides is 1. The highest BCUT2D eigenvalue weighted by atomic mass is 32.3. The summed E-state index contributed by atoms with van der Waals surface area (Å²) in [6.45, 7) is 0. The van der Waals surface area contributed by atoms with Gasteiger partial charge in [0.05, 0.1) is 22.4 Å². The van der Waals surface area contributed by atoms with E-state index in [4.69, 9.17) is 0 Å². The molecule has 1 aromatic carbocycles. The highest BCUT2D eigenvalue weighted by molar-refractivity contribution is 8.02. The molecule has 0 radical (unpaired) electrons. The van der Waals surface area contributed by atoms with Gasteiger partial charge in [0, 0.05) is 18.6 Å². The van der Waals surface area contributed by atoms with Crippen molar-refractivity contribution in [3.8, 4) is 0 Å². The predicted octanol–water partition coefficient (Wildman–Crippen LogP) is 1.17. The second-order valence-electron chi connectivity index (χ2n) is 3.98. The van der Waals surface area contributed by atoms with Gasteiger partial charge in [0.1, 0.15) is 16.5 Å². The molecule has 0 aliphatic heterocycles. The minimum Gasteiger partial charge on any atom is -0.465 e. The maximum Gasteiger partial charge on any atom is 0.340 e. The van der Waals surface area contributed by atoms with Crippen molar-refractivity contribution in [2.24, 2.45) is 3.77 Å². The first-order chi connectivity index (χ1) is 8.98. The van der Waals surface area contributed by atoms with Crippen LogP contribution in [0, 0.1) is 11.6 Å². The summed E-state index contributed by atoms with van der Waals surface area (Å²) in [5.74, 6) is -3.89. The molecule has 0 aliphatic carbocycles. The van der Waals surface area contributed by atoms with Gasteiger partial charge in [-0.05, 0) is 6.07 Å². The van der Waals surface area contributed by atoms with Crippen LogP contribution >= 0.6 is 0 Å². The smallest absolute Gasteiger partial charge is 0.340 e. The maximum absolute atomic E-state index is 13.5. The Morgan fingerprint density at radius 2 is 1.70 bits per heavy atom. The van der Waals surface area contributed by atoms with Crippen LogP contribution in [0.1, 0.15) is 10.4 Å². The van der Waals surface area contributed by atoms with Gasteiger partial charge in [-0.1, -0.05) is 0 Å². The third-order valence-corrected chi connectivity index (χ3v) is 5.07. The lowest BCUT2D eigenvalue weighted by molar-refractivity contribution is 0.0595. The van der Waals surface area contributed by atoms with E-state index in [9.17, 15) is 26.2 Å². The summed E-state index contributed by atoms with van der Waals surface area (Å²) in [4.78, 5) is 10.2. The molecule has 10 heteroatoms. The first kappa shape index (κ1) is 16.5. The number of methoxy groups -OCH3 is 1. The molecule has 0 aliphatic rings. The summed E-state index contributed by atoms with van der Waals surface area (Å²) in [7, 11) is -6.76. The number of hydrogen-bond acceptors (Lipinski definition) is 5. The lowest BCUT2D eigenvalue weighted by Crippen LogP contribution is -2.10. The third kappa shape index (κ3) is 3.73. The van der Waals surface area contributed by atoms with Gasteiger partial charge in [-0.2, -0.15) is 8.42 Å². The molecule has 112 valence electrons. The molecule has 0 saturated carbocycles. The molecule has 0 heterocycles. The summed E-state index contributed by atoms with van der Waals surface area (Å²) in [5.41, 5.74) is -0.763. The van der Waals surface area contributed by atoms with Gasteiger partial charge in [-0.15, -0.1) is 3.77 Å². The third-order valence-electron chi connectivity index (χ3n) is 1.98. The van der Waals surface area contributed by atoms with E-state index in [2.05, 4.69) is 8.50 Å². The molecule has 0 unspecified atom stereocenters. The Labute approximate surface area is 115 Å². The summed E-state index contributed by atoms with van der Waals surface area (Å²) >= 11 is 0. The molecule has 0 amide bonds. The number of benzene rings is 1. The Morgan fingerprint density at radius 3 is 2.15 bits per heavy atom. The topological polar surface area (TPSA) is 89.9 Å². The van der Waals surface area contributed by atoms with E-state index in [1.54, 1.807) is 0 Å². The van der Waals surface area contributed by atoms with Gasteiger partial charge < -0.3 is 4.74 Å². The Balaban J connectivity index is 3.63. The van der Waals surface area contributed by atoms with Crippen LogP contribution in [0.5, 0.6) is 0 Å². The first-order valence-corrected chi connectivity index (χ1v) is 8.76. The molecule has 0 fully saturated rings. The molecular formula is C10H11F2NO5S2. The Bertz CT molecular complexity index is 771. The zero-order valence-electron chi connectivity index (χ0n) is 10.7. The second-order valence-corrected chi connectivity index (χ2v) is 8.33. The van der Waals surface area contributed by atoms with Crippen LogP contribution in [0.25, 0.3) is 0 Å². The molecule has 6 nitrogen and oxygen atoms in total. The predicted molar refractivity (Wildman–Crippen MR) is 67.3 cm³/mol. The van der Waals surface area contributed by atoms with Gasteiger partial charge in [-0.3, -0.25) is 0 Å². The highest BCUT2D eigenvalue weighted by Gasteiger charge is 2.25. The van der Waals surface area contributed by atoms with E-state index in [0.717, 1.165) is 19.6 Å². The molecule has 0 bridgehead atoms. The van der Waals surface area contributed by atoms with Crippen molar-refractivity contribution in [2.75, 3.05) is 19.6 Å². The SMILES string of the molecule is COC(=O)c1cc(S(=O)(=O)N=S(C)(C)=O)c(F)cc1F.